The molecule has 1 saturated heterocycles. The van der Waals surface area contributed by atoms with Crippen LogP contribution in [0.25, 0.3) is 0 Å². The Kier molecular flexibility index (Phi) is 8.07. The third-order valence-electron chi connectivity index (χ3n) is 7.58. The number of pyridine rings is 1. The summed E-state index contributed by atoms with van der Waals surface area (Å²) < 4.78 is 47.3. The van der Waals surface area contributed by atoms with Gasteiger partial charge in [0.05, 0.1) is 23.9 Å². The van der Waals surface area contributed by atoms with Gasteiger partial charge >= 0.3 is 6.18 Å². The summed E-state index contributed by atoms with van der Waals surface area (Å²) in [7, 11) is 1.70. The molecule has 1 aliphatic heterocycles. The summed E-state index contributed by atoms with van der Waals surface area (Å²) in [6.45, 7) is 2.05. The molecule has 6 nitrogen and oxygen atoms in total. The summed E-state index contributed by atoms with van der Waals surface area (Å²) in [6, 6.07) is 9.17. The molecule has 0 spiro atoms. The lowest BCUT2D eigenvalue weighted by Crippen LogP contribution is -2.36. The molecule has 2 aliphatic rings. The van der Waals surface area contributed by atoms with E-state index in [2.05, 4.69) is 31.5 Å². The molecule has 2 aromatic heterocycles. The number of nitrogens with one attached hydrogen (secondary N) is 1. The molecule has 10 heteroatoms. The number of rotatable bonds is 9. The molecule has 3 aromatic rings. The van der Waals surface area contributed by atoms with Crippen LogP contribution < -0.4 is 5.32 Å². The number of alkyl halides is 3. The van der Waals surface area contributed by atoms with Crippen LogP contribution in [0.4, 0.5) is 18.9 Å². The SMILES string of the molecule is COC1CCN(Cc2cnc(CNc3cccc([C@H](c4nncs4)C4CCC4)c3)c(C(F)(F)F)c2)CC1. The molecule has 1 N–H and O–H groups in total. The molecule has 3 heterocycles. The van der Waals surface area contributed by atoms with Crippen LogP contribution in [-0.2, 0) is 24.0 Å². The second-order valence-corrected chi connectivity index (χ2v) is 10.8. The highest BCUT2D eigenvalue weighted by molar-refractivity contribution is 7.09. The van der Waals surface area contributed by atoms with Gasteiger partial charge in [-0.05, 0) is 60.9 Å². The van der Waals surface area contributed by atoms with E-state index in [-0.39, 0.29) is 24.3 Å². The van der Waals surface area contributed by atoms with E-state index < -0.39 is 11.7 Å². The number of anilines is 1. The lowest BCUT2D eigenvalue weighted by Gasteiger charge is -2.32. The Balaban J connectivity index is 1.29. The van der Waals surface area contributed by atoms with Gasteiger partial charge in [0.2, 0.25) is 0 Å². The number of hydrogen-bond donors (Lipinski definition) is 1. The molecule has 0 bridgehead atoms. The second-order valence-electron chi connectivity index (χ2n) is 9.97. The van der Waals surface area contributed by atoms with Gasteiger partial charge in [0.15, 0.2) is 0 Å². The van der Waals surface area contributed by atoms with Crippen LogP contribution in [0.5, 0.6) is 0 Å². The highest BCUT2D eigenvalue weighted by atomic mass is 32.1. The number of methoxy groups -OCH3 is 1. The number of aromatic nitrogens is 3. The van der Waals surface area contributed by atoms with Crippen LogP contribution in [0, 0.1) is 5.92 Å². The van der Waals surface area contributed by atoms with E-state index in [0.29, 0.717) is 18.0 Å². The first kappa shape index (κ1) is 26.1. The summed E-state index contributed by atoms with van der Waals surface area (Å²) in [4.78, 5) is 6.41. The lowest BCUT2D eigenvalue weighted by molar-refractivity contribution is -0.138. The minimum absolute atomic E-state index is 0.000546. The van der Waals surface area contributed by atoms with Crippen LogP contribution >= 0.6 is 11.3 Å². The highest BCUT2D eigenvalue weighted by Crippen LogP contribution is 2.44. The molecule has 0 unspecified atom stereocenters. The Morgan fingerprint density at radius 2 is 1.97 bits per heavy atom. The smallest absolute Gasteiger partial charge is 0.381 e. The van der Waals surface area contributed by atoms with E-state index in [9.17, 15) is 13.2 Å². The van der Waals surface area contributed by atoms with E-state index in [4.69, 9.17) is 4.74 Å². The molecular formula is C27H32F3N5OS. The Morgan fingerprint density at radius 3 is 2.62 bits per heavy atom. The Bertz CT molecular complexity index is 1160. The van der Waals surface area contributed by atoms with Gasteiger partial charge < -0.3 is 10.1 Å². The zero-order valence-electron chi connectivity index (χ0n) is 20.9. The zero-order chi connectivity index (χ0) is 25.8. The molecule has 1 atom stereocenters. The molecule has 1 aliphatic carbocycles. The van der Waals surface area contributed by atoms with Gasteiger partial charge in [-0.3, -0.25) is 9.88 Å². The van der Waals surface area contributed by atoms with Gasteiger partial charge in [0.25, 0.3) is 0 Å². The fourth-order valence-electron chi connectivity index (χ4n) is 5.30. The van der Waals surface area contributed by atoms with Crippen LogP contribution in [0.15, 0.2) is 42.0 Å². The van der Waals surface area contributed by atoms with Crippen LogP contribution in [0.1, 0.15) is 65.4 Å². The van der Waals surface area contributed by atoms with Crippen LogP contribution in [0.3, 0.4) is 0 Å². The van der Waals surface area contributed by atoms with Crippen LogP contribution in [-0.4, -0.2) is 46.4 Å². The topological polar surface area (TPSA) is 63.2 Å². The van der Waals surface area contributed by atoms with Gasteiger partial charge in [-0.2, -0.15) is 13.2 Å². The number of hydrogen-bond acceptors (Lipinski definition) is 7. The lowest BCUT2D eigenvalue weighted by atomic mass is 9.73. The second kappa shape index (κ2) is 11.4. The normalized spacial score (nSPS) is 18.5. The van der Waals surface area contributed by atoms with Gasteiger partial charge in [0, 0.05) is 44.5 Å². The maximum Gasteiger partial charge on any atom is 0.418 e. The van der Waals surface area contributed by atoms with Crippen LogP contribution in [0.2, 0.25) is 0 Å². The fourth-order valence-corrected chi connectivity index (χ4v) is 6.08. The first-order valence-corrected chi connectivity index (χ1v) is 13.7. The summed E-state index contributed by atoms with van der Waals surface area (Å²) in [5.41, 5.74) is 3.53. The van der Waals surface area contributed by atoms with E-state index in [0.717, 1.165) is 55.0 Å². The molecule has 198 valence electrons. The monoisotopic (exact) mass is 531 g/mol. The molecule has 2 fully saturated rings. The van der Waals surface area contributed by atoms with E-state index >= 15 is 0 Å². The minimum Gasteiger partial charge on any atom is -0.381 e. The van der Waals surface area contributed by atoms with Crippen molar-refractivity contribution in [1.82, 2.24) is 20.1 Å². The quantitative estimate of drug-likeness (QED) is 0.360. The first-order valence-electron chi connectivity index (χ1n) is 12.8. The Morgan fingerprint density at radius 1 is 1.16 bits per heavy atom. The van der Waals surface area contributed by atoms with E-state index in [1.54, 1.807) is 30.2 Å². The largest absolute Gasteiger partial charge is 0.418 e. The number of likely N-dealkylation sites (tertiary alicyclic amines) is 1. The third-order valence-corrected chi connectivity index (χ3v) is 8.35. The molecule has 37 heavy (non-hydrogen) atoms. The molecular weight excluding hydrogens is 499 g/mol. The maximum atomic E-state index is 14.0. The van der Waals surface area contributed by atoms with Gasteiger partial charge in [-0.15, -0.1) is 21.5 Å². The average molecular weight is 532 g/mol. The molecule has 0 amide bonds. The zero-order valence-corrected chi connectivity index (χ0v) is 21.7. The first-order chi connectivity index (χ1) is 17.9. The average Bonchev–Trinajstić information content (AvgIpc) is 3.40. The van der Waals surface area contributed by atoms with E-state index in [1.807, 2.05) is 18.2 Å². The molecule has 0 radical (unpaired) electrons. The van der Waals surface area contributed by atoms with Crippen molar-refractivity contribution in [2.45, 2.75) is 63.4 Å². The van der Waals surface area contributed by atoms with Crippen molar-refractivity contribution < 1.29 is 17.9 Å². The molecule has 5 rings (SSSR count). The van der Waals surface area contributed by atoms with Crippen molar-refractivity contribution in [3.05, 3.63) is 69.4 Å². The Labute approximate surface area is 219 Å². The number of piperidine rings is 1. The van der Waals surface area contributed by atoms with Crippen molar-refractivity contribution in [3.8, 4) is 0 Å². The highest BCUT2D eigenvalue weighted by Gasteiger charge is 2.35. The number of nitrogens with zero attached hydrogens (tertiary/aromatic N) is 4. The summed E-state index contributed by atoms with van der Waals surface area (Å²) in [6.07, 6.45) is 2.62. The van der Waals surface area contributed by atoms with Crippen molar-refractivity contribution in [3.63, 3.8) is 0 Å². The fraction of sp³-hybridized carbons (Fsp3) is 0.519. The number of ether oxygens (including phenoxy) is 1. The summed E-state index contributed by atoms with van der Waals surface area (Å²) in [5, 5.41) is 12.5. The number of benzene rings is 1. The molecule has 1 saturated carbocycles. The van der Waals surface area contributed by atoms with E-state index in [1.165, 1.54) is 12.5 Å². The van der Waals surface area contributed by atoms with Crippen molar-refractivity contribution in [2.24, 2.45) is 5.92 Å². The van der Waals surface area contributed by atoms with Gasteiger partial charge in [-0.1, -0.05) is 18.6 Å². The maximum absolute atomic E-state index is 14.0. The van der Waals surface area contributed by atoms with Crippen molar-refractivity contribution in [2.75, 3.05) is 25.5 Å². The predicted octanol–water partition coefficient (Wildman–Crippen LogP) is 6.11. The van der Waals surface area contributed by atoms with Gasteiger partial charge in [-0.25, -0.2) is 0 Å². The third kappa shape index (κ3) is 6.30. The standard InChI is InChI=1S/C27H32F3N5OS/c1-36-22-8-10-35(11-9-22)16-18-12-23(27(28,29)30)24(32-14-18)15-31-21-7-3-6-20(13-21)25(19-4-2-5-19)26-34-33-17-37-26/h3,6-7,12-14,17,19,22,25,31H,2,4-5,8-11,15-16H2,1H3/t25-/m1/s1. The van der Waals surface area contributed by atoms with Crippen molar-refractivity contribution in [1.29, 1.82) is 0 Å². The van der Waals surface area contributed by atoms with Crippen molar-refractivity contribution >= 4 is 17.0 Å². The van der Waals surface area contributed by atoms with Gasteiger partial charge in [0.1, 0.15) is 10.5 Å². The summed E-state index contributed by atoms with van der Waals surface area (Å²) >= 11 is 1.55. The summed E-state index contributed by atoms with van der Waals surface area (Å²) in [5.74, 6) is 0.689. The molecule has 1 aromatic carbocycles. The Hall–Kier alpha value is -2.56. The minimum atomic E-state index is -4.47. The predicted molar refractivity (Wildman–Crippen MR) is 137 cm³/mol. The number of halogens is 3.